The molecule has 2 aromatic rings. The zero-order valence-corrected chi connectivity index (χ0v) is 15.7. The topological polar surface area (TPSA) is 32.3 Å². The number of likely N-dealkylation sites (N-methyl/N-ethyl adjacent to an activating group) is 1. The zero-order valence-electron chi connectivity index (χ0n) is 14.1. The molecule has 0 saturated heterocycles. The molecule has 0 bridgehead atoms. The Kier molecular flexibility index (Phi) is 6.67. The molecule has 5 heteroatoms. The van der Waals surface area contributed by atoms with Gasteiger partial charge in [0.1, 0.15) is 0 Å². The van der Waals surface area contributed by atoms with Crippen molar-refractivity contribution in [3.05, 3.63) is 63.6 Å². The molecule has 1 N–H and O–H groups in total. The maximum Gasteiger partial charge on any atom is 0.238 e. The fourth-order valence-corrected chi connectivity index (χ4v) is 2.88. The molecular formula is C19H22Cl2N2O. The van der Waals surface area contributed by atoms with Crippen LogP contribution in [0.15, 0.2) is 42.5 Å². The molecular weight excluding hydrogens is 343 g/mol. The van der Waals surface area contributed by atoms with Gasteiger partial charge in [0, 0.05) is 12.2 Å². The second-order valence-electron chi connectivity index (χ2n) is 6.21. The number of hydrogen-bond donors (Lipinski definition) is 1. The summed E-state index contributed by atoms with van der Waals surface area (Å²) in [6.45, 7) is 5.14. The molecule has 0 spiro atoms. The predicted molar refractivity (Wildman–Crippen MR) is 102 cm³/mol. The van der Waals surface area contributed by atoms with Gasteiger partial charge in [-0.05, 0) is 42.3 Å². The number of benzene rings is 2. The summed E-state index contributed by atoms with van der Waals surface area (Å²) in [6, 6.07) is 13.4. The number of nitrogens with one attached hydrogen (secondary N) is 1. The van der Waals surface area contributed by atoms with Crippen LogP contribution in [0.1, 0.15) is 30.9 Å². The molecule has 0 aliphatic heterocycles. The van der Waals surface area contributed by atoms with Crippen LogP contribution in [0.4, 0.5) is 5.69 Å². The summed E-state index contributed by atoms with van der Waals surface area (Å²) in [4.78, 5) is 14.2. The van der Waals surface area contributed by atoms with Gasteiger partial charge < -0.3 is 5.32 Å². The lowest BCUT2D eigenvalue weighted by Gasteiger charge is -2.18. The molecule has 0 aliphatic carbocycles. The number of hydrogen-bond acceptors (Lipinski definition) is 2. The number of nitrogens with zero attached hydrogens (tertiary/aromatic N) is 1. The van der Waals surface area contributed by atoms with Crippen molar-refractivity contribution in [3.63, 3.8) is 0 Å². The Morgan fingerprint density at radius 3 is 2.50 bits per heavy atom. The lowest BCUT2D eigenvalue weighted by molar-refractivity contribution is -0.117. The molecule has 0 radical (unpaired) electrons. The Hall–Kier alpha value is -1.55. The Morgan fingerprint density at radius 2 is 1.83 bits per heavy atom. The number of carbonyl (C=O) groups excluding carboxylic acids is 1. The number of carbonyl (C=O) groups is 1. The summed E-state index contributed by atoms with van der Waals surface area (Å²) in [5.41, 5.74) is 3.03. The minimum atomic E-state index is -0.0364. The maximum absolute atomic E-state index is 12.3. The molecule has 0 atom stereocenters. The van der Waals surface area contributed by atoms with Crippen LogP contribution in [0, 0.1) is 0 Å². The van der Waals surface area contributed by atoms with Gasteiger partial charge in [-0.25, -0.2) is 0 Å². The van der Waals surface area contributed by atoms with E-state index in [1.54, 1.807) is 6.07 Å². The largest absolute Gasteiger partial charge is 0.325 e. The van der Waals surface area contributed by atoms with Crippen molar-refractivity contribution in [2.75, 3.05) is 18.9 Å². The minimum absolute atomic E-state index is 0.0364. The Balaban J connectivity index is 1.95. The summed E-state index contributed by atoms with van der Waals surface area (Å²) in [6.07, 6.45) is 0. The van der Waals surface area contributed by atoms with Gasteiger partial charge >= 0.3 is 0 Å². The van der Waals surface area contributed by atoms with Crippen molar-refractivity contribution < 1.29 is 4.79 Å². The minimum Gasteiger partial charge on any atom is -0.325 e. The fraction of sp³-hybridized carbons (Fsp3) is 0.316. The Labute approximate surface area is 153 Å². The average Bonchev–Trinajstić information content (AvgIpc) is 2.51. The Bertz CT molecular complexity index is 716. The number of para-hydroxylation sites is 1. The molecule has 2 aromatic carbocycles. The van der Waals surface area contributed by atoms with E-state index in [0.717, 1.165) is 16.8 Å². The third-order valence-corrected chi connectivity index (χ3v) is 4.45. The lowest BCUT2D eigenvalue weighted by Crippen LogP contribution is -2.30. The van der Waals surface area contributed by atoms with Crippen molar-refractivity contribution in [2.24, 2.45) is 0 Å². The van der Waals surface area contributed by atoms with Crippen molar-refractivity contribution in [1.29, 1.82) is 0 Å². The summed E-state index contributed by atoms with van der Waals surface area (Å²) < 4.78 is 0. The number of halogens is 2. The normalized spacial score (nSPS) is 11.1. The molecule has 3 nitrogen and oxygen atoms in total. The average molecular weight is 365 g/mol. The number of amides is 1. The molecule has 24 heavy (non-hydrogen) atoms. The van der Waals surface area contributed by atoms with Gasteiger partial charge in [0.15, 0.2) is 0 Å². The molecule has 0 saturated carbocycles. The van der Waals surface area contributed by atoms with E-state index in [1.807, 2.05) is 48.3 Å². The van der Waals surface area contributed by atoms with Crippen molar-refractivity contribution in [1.82, 2.24) is 4.90 Å². The Morgan fingerprint density at radius 1 is 1.12 bits per heavy atom. The summed E-state index contributed by atoms with van der Waals surface area (Å²) in [5, 5.41) is 4.06. The molecule has 128 valence electrons. The second kappa shape index (κ2) is 8.52. The van der Waals surface area contributed by atoms with E-state index in [-0.39, 0.29) is 5.91 Å². The lowest BCUT2D eigenvalue weighted by atomic mass is 10.0. The van der Waals surface area contributed by atoms with E-state index in [0.29, 0.717) is 29.1 Å². The van der Waals surface area contributed by atoms with Crippen molar-refractivity contribution >= 4 is 34.8 Å². The van der Waals surface area contributed by atoms with Crippen LogP contribution in [0.3, 0.4) is 0 Å². The van der Waals surface area contributed by atoms with Gasteiger partial charge in [-0.2, -0.15) is 0 Å². The summed E-state index contributed by atoms with van der Waals surface area (Å²) >= 11 is 12.0. The van der Waals surface area contributed by atoms with E-state index in [4.69, 9.17) is 23.2 Å². The van der Waals surface area contributed by atoms with Gasteiger partial charge in [0.2, 0.25) is 5.91 Å². The maximum atomic E-state index is 12.3. The SMILES string of the molecule is CC(C)c1ccccc1NC(=O)CN(C)Cc1ccc(Cl)c(Cl)c1. The zero-order chi connectivity index (χ0) is 17.7. The number of anilines is 1. The monoisotopic (exact) mass is 364 g/mol. The van der Waals surface area contributed by atoms with E-state index in [1.165, 1.54) is 0 Å². The van der Waals surface area contributed by atoms with E-state index >= 15 is 0 Å². The van der Waals surface area contributed by atoms with Crippen molar-refractivity contribution in [3.8, 4) is 0 Å². The highest BCUT2D eigenvalue weighted by molar-refractivity contribution is 6.42. The van der Waals surface area contributed by atoms with Gasteiger partial charge in [-0.3, -0.25) is 9.69 Å². The molecule has 0 unspecified atom stereocenters. The number of rotatable bonds is 6. The first-order valence-corrected chi connectivity index (χ1v) is 8.63. The fourth-order valence-electron chi connectivity index (χ4n) is 2.55. The molecule has 0 aromatic heterocycles. The highest BCUT2D eigenvalue weighted by Crippen LogP contribution is 2.24. The highest BCUT2D eigenvalue weighted by atomic mass is 35.5. The van der Waals surface area contributed by atoms with Crippen LogP contribution in [-0.4, -0.2) is 24.4 Å². The third-order valence-electron chi connectivity index (χ3n) is 3.71. The van der Waals surface area contributed by atoms with Gasteiger partial charge in [-0.15, -0.1) is 0 Å². The van der Waals surface area contributed by atoms with Crippen LogP contribution in [0.2, 0.25) is 10.0 Å². The van der Waals surface area contributed by atoms with Crippen LogP contribution < -0.4 is 5.32 Å². The van der Waals surface area contributed by atoms with Crippen LogP contribution in [0.5, 0.6) is 0 Å². The summed E-state index contributed by atoms with van der Waals surface area (Å²) in [5.74, 6) is 0.320. The first-order valence-electron chi connectivity index (χ1n) is 7.88. The molecule has 0 heterocycles. The molecule has 1 amide bonds. The summed E-state index contributed by atoms with van der Waals surface area (Å²) in [7, 11) is 1.90. The van der Waals surface area contributed by atoms with Crippen LogP contribution >= 0.6 is 23.2 Å². The van der Waals surface area contributed by atoms with Gasteiger partial charge in [0.05, 0.1) is 16.6 Å². The predicted octanol–water partition coefficient (Wildman–Crippen LogP) is 5.19. The quantitative estimate of drug-likeness (QED) is 0.764. The highest BCUT2D eigenvalue weighted by Gasteiger charge is 2.11. The van der Waals surface area contributed by atoms with Gasteiger partial charge in [-0.1, -0.05) is 61.3 Å². The molecule has 0 aliphatic rings. The third kappa shape index (κ3) is 5.23. The van der Waals surface area contributed by atoms with Crippen LogP contribution in [0.25, 0.3) is 0 Å². The smallest absolute Gasteiger partial charge is 0.238 e. The molecule has 2 rings (SSSR count). The van der Waals surface area contributed by atoms with Crippen molar-refractivity contribution in [2.45, 2.75) is 26.3 Å². The second-order valence-corrected chi connectivity index (χ2v) is 7.03. The van der Waals surface area contributed by atoms with E-state index in [9.17, 15) is 4.79 Å². The standard InChI is InChI=1S/C19H22Cl2N2O/c1-13(2)15-6-4-5-7-18(15)22-19(24)12-23(3)11-14-8-9-16(20)17(21)10-14/h4-10,13H,11-12H2,1-3H3,(H,22,24). The van der Waals surface area contributed by atoms with E-state index < -0.39 is 0 Å². The van der Waals surface area contributed by atoms with Crippen LogP contribution in [-0.2, 0) is 11.3 Å². The van der Waals surface area contributed by atoms with E-state index in [2.05, 4.69) is 19.2 Å². The van der Waals surface area contributed by atoms with Gasteiger partial charge in [0.25, 0.3) is 0 Å². The first kappa shape index (κ1) is 18.8. The first-order chi connectivity index (χ1) is 11.4. The molecule has 0 fully saturated rings.